The Labute approximate surface area is 202 Å². The molecule has 0 saturated carbocycles. The van der Waals surface area contributed by atoms with E-state index in [1.54, 1.807) is 15.6 Å². The van der Waals surface area contributed by atoms with Crippen LogP contribution in [0.1, 0.15) is 44.6 Å². The lowest BCUT2D eigenvalue weighted by Crippen LogP contribution is -2.49. The molecular formula is C26H33N3O2S2. The van der Waals surface area contributed by atoms with Crippen LogP contribution in [0.15, 0.2) is 34.5 Å². The van der Waals surface area contributed by atoms with Crippen molar-refractivity contribution in [3.8, 4) is 0 Å². The first-order valence-corrected chi connectivity index (χ1v) is 13.7. The Morgan fingerprint density at radius 3 is 2.09 bits per heavy atom. The Hall–Kier alpha value is -2.22. The molecule has 0 unspecified atom stereocenters. The fourth-order valence-electron chi connectivity index (χ4n) is 4.46. The van der Waals surface area contributed by atoms with Crippen molar-refractivity contribution in [3.05, 3.63) is 74.3 Å². The third kappa shape index (κ3) is 4.72. The van der Waals surface area contributed by atoms with E-state index in [9.17, 15) is 8.42 Å². The van der Waals surface area contributed by atoms with Crippen molar-refractivity contribution in [2.45, 2.75) is 52.9 Å². The number of anilines is 1. The molecule has 2 aromatic carbocycles. The third-order valence-electron chi connectivity index (χ3n) is 6.90. The molecule has 33 heavy (non-hydrogen) atoms. The van der Waals surface area contributed by atoms with Crippen LogP contribution >= 0.6 is 11.3 Å². The molecule has 1 saturated heterocycles. The zero-order valence-corrected chi connectivity index (χ0v) is 22.0. The standard InChI is InChI=1S/C26H33N3O2S2/c1-17-7-8-23(14-18(17)2)15-24-16-32-26(27-24)28-9-11-29(12-10-28)33(30,31)25-21(5)19(3)13-20(4)22(25)6/h7-8,13-14,16H,9-12,15H2,1-6H3. The van der Waals surface area contributed by atoms with Gasteiger partial charge < -0.3 is 4.90 Å². The summed E-state index contributed by atoms with van der Waals surface area (Å²) >= 11 is 1.64. The molecule has 1 fully saturated rings. The summed E-state index contributed by atoms with van der Waals surface area (Å²) in [5.41, 5.74) is 8.70. The number of nitrogens with zero attached hydrogens (tertiary/aromatic N) is 3. The van der Waals surface area contributed by atoms with E-state index >= 15 is 0 Å². The fraction of sp³-hybridized carbons (Fsp3) is 0.423. The summed E-state index contributed by atoms with van der Waals surface area (Å²) < 4.78 is 28.7. The molecule has 1 aliphatic rings. The average Bonchev–Trinajstić information content (AvgIpc) is 3.23. The number of rotatable bonds is 5. The van der Waals surface area contributed by atoms with Crippen LogP contribution in [-0.2, 0) is 16.4 Å². The molecule has 176 valence electrons. The predicted molar refractivity (Wildman–Crippen MR) is 137 cm³/mol. The molecule has 0 N–H and O–H groups in total. The van der Waals surface area contributed by atoms with E-state index in [0.717, 1.165) is 39.5 Å². The lowest BCUT2D eigenvalue weighted by atomic mass is 10.0. The van der Waals surface area contributed by atoms with E-state index in [4.69, 9.17) is 4.98 Å². The molecule has 0 amide bonds. The van der Waals surface area contributed by atoms with E-state index in [-0.39, 0.29) is 0 Å². The number of aryl methyl sites for hydroxylation is 4. The number of aromatic nitrogens is 1. The summed E-state index contributed by atoms with van der Waals surface area (Å²) in [5.74, 6) is 0. The van der Waals surface area contributed by atoms with Crippen molar-refractivity contribution < 1.29 is 8.42 Å². The lowest BCUT2D eigenvalue weighted by Gasteiger charge is -2.34. The maximum atomic E-state index is 13.5. The highest BCUT2D eigenvalue weighted by atomic mass is 32.2. The highest BCUT2D eigenvalue weighted by Gasteiger charge is 2.32. The van der Waals surface area contributed by atoms with Crippen LogP contribution < -0.4 is 4.90 Å². The SMILES string of the molecule is Cc1ccc(Cc2csc(N3CCN(S(=O)(=O)c4c(C)c(C)cc(C)c4C)CC3)n2)cc1C. The van der Waals surface area contributed by atoms with Crippen molar-refractivity contribution in [2.24, 2.45) is 0 Å². The largest absolute Gasteiger partial charge is 0.345 e. The van der Waals surface area contributed by atoms with E-state index in [0.29, 0.717) is 31.1 Å². The summed E-state index contributed by atoms with van der Waals surface area (Å²) in [7, 11) is -3.53. The molecule has 1 aromatic heterocycles. The molecule has 1 aliphatic heterocycles. The van der Waals surface area contributed by atoms with Gasteiger partial charge in [-0.2, -0.15) is 4.31 Å². The van der Waals surface area contributed by atoms with Crippen molar-refractivity contribution in [1.29, 1.82) is 0 Å². The van der Waals surface area contributed by atoms with Gasteiger partial charge in [0.15, 0.2) is 5.13 Å². The minimum absolute atomic E-state index is 0.472. The summed E-state index contributed by atoms with van der Waals surface area (Å²) in [6.07, 6.45) is 0.817. The van der Waals surface area contributed by atoms with Gasteiger partial charge in [0.1, 0.15) is 0 Å². The number of piperazine rings is 1. The van der Waals surface area contributed by atoms with E-state index in [2.05, 4.69) is 48.4 Å². The molecule has 4 rings (SSSR count). The Morgan fingerprint density at radius 2 is 1.48 bits per heavy atom. The number of hydrogen-bond acceptors (Lipinski definition) is 5. The Bertz CT molecular complexity index is 1260. The maximum Gasteiger partial charge on any atom is 0.243 e. The minimum Gasteiger partial charge on any atom is -0.345 e. The van der Waals surface area contributed by atoms with Gasteiger partial charge in [-0.1, -0.05) is 24.3 Å². The van der Waals surface area contributed by atoms with Gasteiger partial charge in [0.2, 0.25) is 10.0 Å². The second-order valence-electron chi connectivity index (χ2n) is 9.20. The number of thiazole rings is 1. The molecule has 0 atom stereocenters. The second-order valence-corrected chi connectivity index (χ2v) is 11.9. The third-order valence-corrected chi connectivity index (χ3v) is 10.0. The number of hydrogen-bond donors (Lipinski definition) is 0. The monoisotopic (exact) mass is 483 g/mol. The van der Waals surface area contributed by atoms with Crippen LogP contribution in [0.2, 0.25) is 0 Å². The van der Waals surface area contributed by atoms with Gasteiger partial charge in [-0.25, -0.2) is 13.4 Å². The Morgan fingerprint density at radius 1 is 0.848 bits per heavy atom. The van der Waals surface area contributed by atoms with Crippen LogP contribution in [0, 0.1) is 41.5 Å². The molecule has 3 aromatic rings. The zero-order chi connectivity index (χ0) is 23.9. The van der Waals surface area contributed by atoms with Crippen LogP contribution in [-0.4, -0.2) is 43.9 Å². The lowest BCUT2D eigenvalue weighted by molar-refractivity contribution is 0.384. The molecule has 7 heteroatoms. The molecule has 0 aliphatic carbocycles. The molecule has 0 spiro atoms. The smallest absolute Gasteiger partial charge is 0.243 e. The van der Waals surface area contributed by atoms with Crippen molar-refractivity contribution in [3.63, 3.8) is 0 Å². The van der Waals surface area contributed by atoms with Gasteiger partial charge in [-0.05, 0) is 80.5 Å². The topological polar surface area (TPSA) is 53.5 Å². The fourth-order valence-corrected chi connectivity index (χ4v) is 7.34. The van der Waals surface area contributed by atoms with E-state index in [1.165, 1.54) is 16.7 Å². The molecule has 5 nitrogen and oxygen atoms in total. The molecule has 0 bridgehead atoms. The van der Waals surface area contributed by atoms with Gasteiger partial charge in [0.25, 0.3) is 0 Å². The maximum absolute atomic E-state index is 13.5. The summed E-state index contributed by atoms with van der Waals surface area (Å²) in [6, 6.07) is 8.63. The average molecular weight is 484 g/mol. The van der Waals surface area contributed by atoms with Crippen LogP contribution in [0.25, 0.3) is 0 Å². The first-order chi connectivity index (χ1) is 15.6. The second kappa shape index (κ2) is 9.20. The van der Waals surface area contributed by atoms with E-state index in [1.807, 2.05) is 27.7 Å². The van der Waals surface area contributed by atoms with Crippen molar-refractivity contribution in [2.75, 3.05) is 31.1 Å². The molecule has 0 radical (unpaired) electrons. The highest BCUT2D eigenvalue weighted by molar-refractivity contribution is 7.89. The van der Waals surface area contributed by atoms with Gasteiger partial charge in [-0.3, -0.25) is 0 Å². The van der Waals surface area contributed by atoms with Crippen LogP contribution in [0.3, 0.4) is 0 Å². The van der Waals surface area contributed by atoms with Gasteiger partial charge in [0.05, 0.1) is 10.6 Å². The van der Waals surface area contributed by atoms with E-state index < -0.39 is 10.0 Å². The highest BCUT2D eigenvalue weighted by Crippen LogP contribution is 2.30. The first-order valence-electron chi connectivity index (χ1n) is 11.4. The number of sulfonamides is 1. The van der Waals surface area contributed by atoms with Crippen LogP contribution in [0.4, 0.5) is 5.13 Å². The van der Waals surface area contributed by atoms with Crippen LogP contribution in [0.5, 0.6) is 0 Å². The predicted octanol–water partition coefficient (Wildman–Crippen LogP) is 5.10. The normalized spacial score (nSPS) is 15.3. The summed E-state index contributed by atoms with van der Waals surface area (Å²) in [4.78, 5) is 7.55. The van der Waals surface area contributed by atoms with Crippen molar-refractivity contribution in [1.82, 2.24) is 9.29 Å². The number of benzene rings is 2. The van der Waals surface area contributed by atoms with Gasteiger partial charge in [0, 0.05) is 38.0 Å². The van der Waals surface area contributed by atoms with Crippen molar-refractivity contribution >= 4 is 26.5 Å². The minimum atomic E-state index is -3.53. The Kier molecular flexibility index (Phi) is 6.67. The van der Waals surface area contributed by atoms with Gasteiger partial charge >= 0.3 is 0 Å². The molecule has 2 heterocycles. The first kappa shape index (κ1) is 23.9. The molecular weight excluding hydrogens is 450 g/mol. The quantitative estimate of drug-likeness (QED) is 0.507. The zero-order valence-electron chi connectivity index (χ0n) is 20.4. The Balaban J connectivity index is 1.46. The summed E-state index contributed by atoms with van der Waals surface area (Å²) in [6.45, 7) is 14.3. The van der Waals surface area contributed by atoms with Gasteiger partial charge in [-0.15, -0.1) is 11.3 Å². The summed E-state index contributed by atoms with van der Waals surface area (Å²) in [5, 5.41) is 3.10.